The van der Waals surface area contributed by atoms with Crippen LogP contribution in [0.25, 0.3) is 0 Å². The van der Waals surface area contributed by atoms with Crippen LogP contribution in [0.5, 0.6) is 11.5 Å². The molecule has 1 unspecified atom stereocenters. The van der Waals surface area contributed by atoms with Crippen molar-refractivity contribution in [2.45, 2.75) is 13.8 Å². The van der Waals surface area contributed by atoms with Gasteiger partial charge in [-0.25, -0.2) is 0 Å². The van der Waals surface area contributed by atoms with Gasteiger partial charge in [0.1, 0.15) is 11.5 Å². The zero-order chi connectivity index (χ0) is 11.1. The van der Waals surface area contributed by atoms with Gasteiger partial charge >= 0.3 is 0 Å². The number of rotatable bonds is 6. The van der Waals surface area contributed by atoms with E-state index in [2.05, 4.69) is 19.6 Å². The Labute approximate surface area is 97.0 Å². The molecule has 0 aromatic heterocycles. The fourth-order valence-corrected chi connectivity index (χ4v) is 1.20. The van der Waals surface area contributed by atoms with Gasteiger partial charge in [-0.05, 0) is 42.9 Å². The highest BCUT2D eigenvalue weighted by atomic mass is 32.1. The van der Waals surface area contributed by atoms with Gasteiger partial charge in [0.05, 0.1) is 13.2 Å². The third-order valence-electron chi connectivity index (χ3n) is 1.98. The molecule has 0 N–H and O–H groups in total. The third kappa shape index (κ3) is 4.47. The highest BCUT2D eigenvalue weighted by Crippen LogP contribution is 2.18. The Morgan fingerprint density at radius 1 is 1.13 bits per heavy atom. The van der Waals surface area contributed by atoms with Crippen molar-refractivity contribution in [3.05, 3.63) is 24.3 Å². The summed E-state index contributed by atoms with van der Waals surface area (Å²) < 4.78 is 10.9. The maximum atomic E-state index is 5.59. The molecule has 1 atom stereocenters. The van der Waals surface area contributed by atoms with Gasteiger partial charge in [-0.15, -0.1) is 0 Å². The summed E-state index contributed by atoms with van der Waals surface area (Å²) >= 11 is 4.21. The van der Waals surface area contributed by atoms with Gasteiger partial charge in [0, 0.05) is 0 Å². The third-order valence-corrected chi connectivity index (χ3v) is 2.60. The first-order chi connectivity index (χ1) is 7.26. The summed E-state index contributed by atoms with van der Waals surface area (Å²) in [5.41, 5.74) is 0. The van der Waals surface area contributed by atoms with Crippen molar-refractivity contribution < 1.29 is 9.47 Å². The van der Waals surface area contributed by atoms with Gasteiger partial charge < -0.3 is 9.47 Å². The van der Waals surface area contributed by atoms with Crippen LogP contribution >= 0.6 is 12.6 Å². The first-order valence-electron chi connectivity index (χ1n) is 5.22. The van der Waals surface area contributed by atoms with E-state index in [4.69, 9.17) is 9.47 Å². The highest BCUT2D eigenvalue weighted by Gasteiger charge is 2.00. The predicted molar refractivity (Wildman–Crippen MR) is 66.1 cm³/mol. The van der Waals surface area contributed by atoms with Gasteiger partial charge in [0.25, 0.3) is 0 Å². The number of hydrogen-bond acceptors (Lipinski definition) is 3. The highest BCUT2D eigenvalue weighted by molar-refractivity contribution is 7.80. The SMILES string of the molecule is CCOc1ccc(OCC(C)CS)cc1. The number of hydrogen-bond donors (Lipinski definition) is 1. The molecule has 0 amide bonds. The standard InChI is InChI=1S/C12H18O2S/c1-3-13-11-4-6-12(7-5-11)14-8-10(2)9-15/h4-7,10,15H,3,8-9H2,1-2H3. The van der Waals surface area contributed by atoms with Crippen LogP contribution in [-0.4, -0.2) is 19.0 Å². The second kappa shape index (κ2) is 6.62. The fraction of sp³-hybridized carbons (Fsp3) is 0.500. The second-order valence-electron chi connectivity index (χ2n) is 3.50. The Balaban J connectivity index is 2.42. The lowest BCUT2D eigenvalue weighted by atomic mass is 10.2. The summed E-state index contributed by atoms with van der Waals surface area (Å²) in [4.78, 5) is 0. The molecule has 0 aliphatic heterocycles. The Hall–Kier alpha value is -0.830. The summed E-state index contributed by atoms with van der Waals surface area (Å²) in [6, 6.07) is 7.70. The van der Waals surface area contributed by atoms with Crippen molar-refractivity contribution in [1.29, 1.82) is 0 Å². The van der Waals surface area contributed by atoms with E-state index in [1.807, 2.05) is 31.2 Å². The zero-order valence-corrected chi connectivity index (χ0v) is 10.2. The van der Waals surface area contributed by atoms with Gasteiger partial charge in [0.2, 0.25) is 0 Å². The van der Waals surface area contributed by atoms with Crippen LogP contribution in [0.2, 0.25) is 0 Å². The Kier molecular flexibility index (Phi) is 5.40. The largest absolute Gasteiger partial charge is 0.494 e. The molecule has 0 spiro atoms. The van der Waals surface area contributed by atoms with Crippen LogP contribution in [0.15, 0.2) is 24.3 Å². The summed E-state index contributed by atoms with van der Waals surface area (Å²) in [5.74, 6) is 3.08. The van der Waals surface area contributed by atoms with Crippen molar-refractivity contribution in [2.24, 2.45) is 5.92 Å². The van der Waals surface area contributed by atoms with Gasteiger partial charge in [-0.3, -0.25) is 0 Å². The van der Waals surface area contributed by atoms with E-state index in [0.29, 0.717) is 19.1 Å². The molecule has 3 heteroatoms. The van der Waals surface area contributed by atoms with Crippen molar-refractivity contribution in [2.75, 3.05) is 19.0 Å². The lowest BCUT2D eigenvalue weighted by Crippen LogP contribution is -2.09. The number of benzene rings is 1. The van der Waals surface area contributed by atoms with Crippen LogP contribution in [0.1, 0.15) is 13.8 Å². The first kappa shape index (κ1) is 12.2. The van der Waals surface area contributed by atoms with E-state index in [1.54, 1.807) is 0 Å². The number of thiol groups is 1. The van der Waals surface area contributed by atoms with Gasteiger partial charge in [-0.2, -0.15) is 12.6 Å². The summed E-state index contributed by atoms with van der Waals surface area (Å²) in [6.45, 7) is 5.48. The molecular formula is C12H18O2S. The summed E-state index contributed by atoms with van der Waals surface area (Å²) in [6.07, 6.45) is 0. The Morgan fingerprint density at radius 2 is 1.67 bits per heavy atom. The topological polar surface area (TPSA) is 18.5 Å². The van der Waals surface area contributed by atoms with E-state index < -0.39 is 0 Å². The van der Waals surface area contributed by atoms with Crippen LogP contribution in [-0.2, 0) is 0 Å². The molecule has 15 heavy (non-hydrogen) atoms. The molecule has 0 aliphatic carbocycles. The molecule has 2 nitrogen and oxygen atoms in total. The van der Waals surface area contributed by atoms with Crippen LogP contribution < -0.4 is 9.47 Å². The minimum Gasteiger partial charge on any atom is -0.494 e. The molecule has 0 aliphatic rings. The van der Waals surface area contributed by atoms with Gasteiger partial charge in [0.15, 0.2) is 0 Å². The molecule has 0 saturated carbocycles. The Morgan fingerprint density at radius 3 is 2.13 bits per heavy atom. The van der Waals surface area contributed by atoms with Crippen molar-refractivity contribution in [3.8, 4) is 11.5 Å². The first-order valence-corrected chi connectivity index (χ1v) is 5.86. The lowest BCUT2D eigenvalue weighted by Gasteiger charge is -2.11. The van der Waals surface area contributed by atoms with E-state index in [9.17, 15) is 0 Å². The van der Waals surface area contributed by atoms with E-state index in [0.717, 1.165) is 17.3 Å². The molecule has 1 rings (SSSR count). The van der Waals surface area contributed by atoms with E-state index >= 15 is 0 Å². The van der Waals surface area contributed by atoms with Crippen molar-refractivity contribution >= 4 is 12.6 Å². The Bertz CT molecular complexity index is 271. The smallest absolute Gasteiger partial charge is 0.119 e. The monoisotopic (exact) mass is 226 g/mol. The predicted octanol–water partition coefficient (Wildman–Crippen LogP) is 3.03. The second-order valence-corrected chi connectivity index (χ2v) is 3.87. The minimum absolute atomic E-state index is 0.472. The molecule has 84 valence electrons. The van der Waals surface area contributed by atoms with E-state index in [-0.39, 0.29) is 0 Å². The van der Waals surface area contributed by atoms with Crippen molar-refractivity contribution in [1.82, 2.24) is 0 Å². The zero-order valence-electron chi connectivity index (χ0n) is 9.27. The van der Waals surface area contributed by atoms with Crippen LogP contribution in [0.4, 0.5) is 0 Å². The molecular weight excluding hydrogens is 208 g/mol. The van der Waals surface area contributed by atoms with Crippen LogP contribution in [0.3, 0.4) is 0 Å². The average Bonchev–Trinajstić information content (AvgIpc) is 2.28. The number of ether oxygens (including phenoxy) is 2. The normalized spacial score (nSPS) is 12.2. The van der Waals surface area contributed by atoms with Gasteiger partial charge in [-0.1, -0.05) is 6.92 Å². The summed E-state index contributed by atoms with van der Waals surface area (Å²) in [5, 5.41) is 0. The average molecular weight is 226 g/mol. The van der Waals surface area contributed by atoms with Crippen molar-refractivity contribution in [3.63, 3.8) is 0 Å². The molecule has 0 radical (unpaired) electrons. The minimum atomic E-state index is 0.472. The molecule has 0 heterocycles. The molecule has 0 saturated heterocycles. The summed E-state index contributed by atoms with van der Waals surface area (Å²) in [7, 11) is 0. The quantitative estimate of drug-likeness (QED) is 0.752. The molecule has 0 bridgehead atoms. The molecule has 0 fully saturated rings. The maximum Gasteiger partial charge on any atom is 0.119 e. The fourth-order valence-electron chi connectivity index (χ4n) is 1.09. The van der Waals surface area contributed by atoms with Crippen LogP contribution in [0, 0.1) is 5.92 Å². The lowest BCUT2D eigenvalue weighted by molar-refractivity contribution is 0.273. The maximum absolute atomic E-state index is 5.59. The van der Waals surface area contributed by atoms with E-state index in [1.165, 1.54) is 0 Å². The molecule has 1 aromatic rings. The molecule has 1 aromatic carbocycles.